The van der Waals surface area contributed by atoms with Crippen LogP contribution in [-0.4, -0.2) is 41.5 Å². The van der Waals surface area contributed by atoms with Crippen LogP contribution in [0.15, 0.2) is 34.5 Å². The van der Waals surface area contributed by atoms with E-state index in [1.165, 1.54) is 4.90 Å². The maximum Gasteiger partial charge on any atom is 0.253 e. The second-order valence-corrected chi connectivity index (χ2v) is 7.89. The molecule has 0 saturated carbocycles. The third kappa shape index (κ3) is 4.34. The van der Waals surface area contributed by atoms with E-state index in [9.17, 15) is 4.79 Å². The first kappa shape index (κ1) is 16.5. The number of hydrogen-bond donors (Lipinski definition) is 1. The van der Waals surface area contributed by atoms with E-state index in [1.54, 1.807) is 23.1 Å². The third-order valence-corrected chi connectivity index (χ3v) is 5.68. The highest BCUT2D eigenvalue weighted by Crippen LogP contribution is 2.24. The monoisotopic (exact) mass is 347 g/mol. The van der Waals surface area contributed by atoms with Gasteiger partial charge in [0.15, 0.2) is 0 Å². The molecule has 0 radical (unpaired) electrons. The average molecular weight is 348 g/mol. The average Bonchev–Trinajstić information content (AvgIpc) is 2.98. The van der Waals surface area contributed by atoms with Gasteiger partial charge in [0.1, 0.15) is 0 Å². The number of carbonyl (C=O) groups is 1. The van der Waals surface area contributed by atoms with Crippen molar-refractivity contribution in [2.75, 3.05) is 19.6 Å². The number of nitrogens with zero attached hydrogens (tertiary/aromatic N) is 2. The Bertz CT molecular complexity index is 669. The number of rotatable bonds is 4. The fourth-order valence-electron chi connectivity index (χ4n) is 2.62. The predicted octanol–water partition coefficient (Wildman–Crippen LogP) is 3.18. The van der Waals surface area contributed by atoms with Gasteiger partial charge in [-0.25, -0.2) is 4.98 Å². The number of aryl methyl sites for hydroxylation is 1. The molecule has 1 saturated heterocycles. The number of piperazine rings is 1. The SMILES string of the molecule is Cc1nc(CSc2ccc(C(=O)N3CCNC(C)C3)cc2)cs1. The standard InChI is InChI=1S/C17H21N3OS2/c1-12-9-20(8-7-18-12)17(21)14-3-5-16(6-4-14)23-11-15-10-22-13(2)19-15/h3-6,10,12,18H,7-9,11H2,1-2H3. The van der Waals surface area contributed by atoms with E-state index in [0.717, 1.165) is 41.7 Å². The Hall–Kier alpha value is -1.37. The Morgan fingerprint density at radius 2 is 2.22 bits per heavy atom. The molecule has 122 valence electrons. The fraction of sp³-hybridized carbons (Fsp3) is 0.412. The molecule has 1 atom stereocenters. The van der Waals surface area contributed by atoms with Crippen LogP contribution in [0, 0.1) is 6.92 Å². The molecule has 1 aromatic carbocycles. The van der Waals surface area contributed by atoms with Crippen LogP contribution in [0.2, 0.25) is 0 Å². The maximum atomic E-state index is 12.5. The first-order valence-electron chi connectivity index (χ1n) is 7.78. The molecule has 1 aliphatic heterocycles. The van der Waals surface area contributed by atoms with Crippen LogP contribution in [0.1, 0.15) is 28.0 Å². The van der Waals surface area contributed by atoms with Crippen LogP contribution in [0.3, 0.4) is 0 Å². The normalized spacial score (nSPS) is 18.2. The van der Waals surface area contributed by atoms with Crippen LogP contribution >= 0.6 is 23.1 Å². The lowest BCUT2D eigenvalue weighted by molar-refractivity contribution is 0.0709. The molecule has 1 fully saturated rings. The number of aromatic nitrogens is 1. The highest BCUT2D eigenvalue weighted by atomic mass is 32.2. The van der Waals surface area contributed by atoms with Crippen molar-refractivity contribution >= 4 is 29.0 Å². The van der Waals surface area contributed by atoms with Crippen molar-refractivity contribution in [1.29, 1.82) is 0 Å². The smallest absolute Gasteiger partial charge is 0.253 e. The molecule has 1 N–H and O–H groups in total. The first-order chi connectivity index (χ1) is 11.1. The Kier molecular flexibility index (Phi) is 5.35. The number of hydrogen-bond acceptors (Lipinski definition) is 5. The van der Waals surface area contributed by atoms with E-state index < -0.39 is 0 Å². The first-order valence-corrected chi connectivity index (χ1v) is 9.65. The van der Waals surface area contributed by atoms with Gasteiger partial charge in [-0.05, 0) is 38.1 Å². The van der Waals surface area contributed by atoms with Crippen LogP contribution in [0.5, 0.6) is 0 Å². The van der Waals surface area contributed by atoms with E-state index >= 15 is 0 Å². The van der Waals surface area contributed by atoms with Gasteiger partial charge in [-0.15, -0.1) is 23.1 Å². The minimum Gasteiger partial charge on any atom is -0.336 e. The summed E-state index contributed by atoms with van der Waals surface area (Å²) < 4.78 is 0. The van der Waals surface area contributed by atoms with Crippen LogP contribution in [-0.2, 0) is 5.75 Å². The lowest BCUT2D eigenvalue weighted by Gasteiger charge is -2.32. The summed E-state index contributed by atoms with van der Waals surface area (Å²) >= 11 is 3.43. The molecule has 2 heterocycles. The largest absolute Gasteiger partial charge is 0.336 e. The maximum absolute atomic E-state index is 12.5. The molecule has 23 heavy (non-hydrogen) atoms. The predicted molar refractivity (Wildman–Crippen MR) is 96.2 cm³/mol. The molecule has 0 bridgehead atoms. The summed E-state index contributed by atoms with van der Waals surface area (Å²) in [4.78, 5) is 20.1. The molecule has 2 aromatic rings. The van der Waals surface area contributed by atoms with Crippen molar-refractivity contribution < 1.29 is 4.79 Å². The van der Waals surface area contributed by atoms with Gasteiger partial charge in [0.05, 0.1) is 10.7 Å². The zero-order chi connectivity index (χ0) is 16.2. The van der Waals surface area contributed by atoms with Crippen molar-refractivity contribution in [2.24, 2.45) is 0 Å². The molecular weight excluding hydrogens is 326 g/mol. The molecule has 0 spiro atoms. The van der Waals surface area contributed by atoms with Gasteiger partial charge in [-0.3, -0.25) is 4.79 Å². The van der Waals surface area contributed by atoms with E-state index in [1.807, 2.05) is 36.1 Å². The number of carbonyl (C=O) groups excluding carboxylic acids is 1. The molecule has 6 heteroatoms. The molecule has 1 aliphatic rings. The minimum absolute atomic E-state index is 0.130. The Labute approximate surface area is 145 Å². The Balaban J connectivity index is 1.59. The highest BCUT2D eigenvalue weighted by molar-refractivity contribution is 7.98. The van der Waals surface area contributed by atoms with Crippen molar-refractivity contribution in [1.82, 2.24) is 15.2 Å². The van der Waals surface area contributed by atoms with Gasteiger partial charge in [0, 0.05) is 47.3 Å². The lowest BCUT2D eigenvalue weighted by atomic mass is 10.1. The third-order valence-electron chi connectivity index (χ3n) is 3.81. The summed E-state index contributed by atoms with van der Waals surface area (Å²) in [6, 6.07) is 8.29. The molecule has 0 aliphatic carbocycles. The number of thioether (sulfide) groups is 1. The van der Waals surface area contributed by atoms with Gasteiger partial charge in [-0.2, -0.15) is 0 Å². The molecule has 1 aromatic heterocycles. The molecule has 1 unspecified atom stereocenters. The number of nitrogens with one attached hydrogen (secondary N) is 1. The fourth-order valence-corrected chi connectivity index (χ4v) is 4.13. The van der Waals surface area contributed by atoms with Gasteiger partial charge in [0.2, 0.25) is 0 Å². The van der Waals surface area contributed by atoms with Gasteiger partial charge < -0.3 is 10.2 Å². The van der Waals surface area contributed by atoms with Crippen molar-refractivity contribution in [3.8, 4) is 0 Å². The number of thiazole rings is 1. The quantitative estimate of drug-likeness (QED) is 0.863. The topological polar surface area (TPSA) is 45.2 Å². The van der Waals surface area contributed by atoms with E-state index in [-0.39, 0.29) is 5.91 Å². The molecule has 4 nitrogen and oxygen atoms in total. The van der Waals surface area contributed by atoms with Crippen LogP contribution < -0.4 is 5.32 Å². The Morgan fingerprint density at radius 3 is 2.87 bits per heavy atom. The van der Waals surface area contributed by atoms with E-state index in [0.29, 0.717) is 6.04 Å². The van der Waals surface area contributed by atoms with Gasteiger partial charge in [0.25, 0.3) is 5.91 Å². The molecule has 1 amide bonds. The second-order valence-electron chi connectivity index (χ2n) is 5.78. The summed E-state index contributed by atoms with van der Waals surface area (Å²) in [5.41, 5.74) is 1.89. The van der Waals surface area contributed by atoms with Gasteiger partial charge >= 0.3 is 0 Å². The molecular formula is C17H21N3OS2. The van der Waals surface area contributed by atoms with E-state index in [2.05, 4.69) is 22.6 Å². The summed E-state index contributed by atoms with van der Waals surface area (Å²) in [5.74, 6) is 0.998. The summed E-state index contributed by atoms with van der Waals surface area (Å²) in [6.45, 7) is 6.56. The summed E-state index contributed by atoms with van der Waals surface area (Å²) in [5, 5.41) is 6.57. The van der Waals surface area contributed by atoms with Crippen LogP contribution in [0.25, 0.3) is 0 Å². The lowest BCUT2D eigenvalue weighted by Crippen LogP contribution is -2.51. The van der Waals surface area contributed by atoms with Crippen LogP contribution in [0.4, 0.5) is 0 Å². The van der Waals surface area contributed by atoms with Crippen molar-refractivity contribution in [2.45, 2.75) is 30.5 Å². The number of benzene rings is 1. The summed E-state index contributed by atoms with van der Waals surface area (Å²) in [6.07, 6.45) is 0. The minimum atomic E-state index is 0.130. The zero-order valence-corrected chi connectivity index (χ0v) is 15.0. The van der Waals surface area contributed by atoms with Crippen molar-refractivity contribution in [3.63, 3.8) is 0 Å². The van der Waals surface area contributed by atoms with Crippen molar-refractivity contribution in [3.05, 3.63) is 45.9 Å². The highest BCUT2D eigenvalue weighted by Gasteiger charge is 2.21. The number of amides is 1. The van der Waals surface area contributed by atoms with Gasteiger partial charge in [-0.1, -0.05) is 0 Å². The Morgan fingerprint density at radius 1 is 1.43 bits per heavy atom. The van der Waals surface area contributed by atoms with E-state index in [4.69, 9.17) is 0 Å². The molecule has 3 rings (SSSR count). The zero-order valence-electron chi connectivity index (χ0n) is 13.4. The second kappa shape index (κ2) is 7.47. The summed E-state index contributed by atoms with van der Waals surface area (Å²) in [7, 11) is 0.